The van der Waals surface area contributed by atoms with E-state index in [9.17, 15) is 4.79 Å². The minimum atomic E-state index is -0.348. The van der Waals surface area contributed by atoms with E-state index in [0.717, 1.165) is 55.2 Å². The van der Waals surface area contributed by atoms with Crippen molar-refractivity contribution >= 4 is 50.5 Å². The van der Waals surface area contributed by atoms with Crippen LogP contribution in [-0.2, 0) is 18.3 Å². The van der Waals surface area contributed by atoms with E-state index in [2.05, 4.69) is 30.7 Å². The largest absolute Gasteiger partial charge is 0.461 e. The molecule has 0 spiro atoms. The quantitative estimate of drug-likeness (QED) is 0.424. The zero-order chi connectivity index (χ0) is 23.5. The van der Waals surface area contributed by atoms with Gasteiger partial charge < -0.3 is 29.8 Å². The Balaban J connectivity index is 1.64. The normalized spacial score (nSPS) is 15.3. The van der Waals surface area contributed by atoms with Crippen LogP contribution in [0.2, 0.25) is 5.02 Å². The Bertz CT molecular complexity index is 1140. The number of nitrogens with one attached hydrogen (secondary N) is 1. The monoisotopic (exact) mass is 536 g/mol. The number of nitrogens with zero attached hydrogens (tertiary/aromatic N) is 4. The standard InChI is InChI=1S/C23H30BrClN6O2/c1-3-33-22(32)21-17(24)13-16(29(21)2)14-31-19-6-4-5-18(25)20(19)28-23(31)27-15-7-10-30(11-8-15)12-9-26/h4-6,13,15H,3,7-12,14,26H2,1-2H3,(H,27,28). The summed E-state index contributed by atoms with van der Waals surface area (Å²) in [5, 5.41) is 4.27. The number of imidazole rings is 1. The van der Waals surface area contributed by atoms with Gasteiger partial charge in [0.1, 0.15) is 11.2 Å². The van der Waals surface area contributed by atoms with Gasteiger partial charge in [0.05, 0.1) is 28.2 Å². The van der Waals surface area contributed by atoms with Crippen molar-refractivity contribution in [3.63, 3.8) is 0 Å². The molecule has 8 nitrogen and oxygen atoms in total. The number of rotatable bonds is 8. The van der Waals surface area contributed by atoms with E-state index in [1.807, 2.05) is 35.9 Å². The van der Waals surface area contributed by atoms with E-state index in [0.29, 0.717) is 40.9 Å². The molecule has 0 aliphatic carbocycles. The van der Waals surface area contributed by atoms with Gasteiger partial charge in [-0.3, -0.25) is 0 Å². The number of esters is 1. The molecule has 1 aliphatic rings. The number of carbonyl (C=O) groups excluding carboxylic acids is 1. The maximum Gasteiger partial charge on any atom is 0.356 e. The number of para-hydroxylation sites is 1. The zero-order valence-electron chi connectivity index (χ0n) is 19.0. The Morgan fingerprint density at radius 2 is 2.12 bits per heavy atom. The molecule has 1 aromatic carbocycles. The molecule has 3 heterocycles. The van der Waals surface area contributed by atoms with Crippen molar-refractivity contribution in [1.82, 2.24) is 19.0 Å². The summed E-state index contributed by atoms with van der Waals surface area (Å²) in [6.07, 6.45) is 2.05. The third kappa shape index (κ3) is 5.06. The van der Waals surface area contributed by atoms with Crippen LogP contribution in [0.4, 0.5) is 5.95 Å². The molecule has 1 aliphatic heterocycles. The fourth-order valence-electron chi connectivity index (χ4n) is 4.41. The first kappa shape index (κ1) is 24.1. The van der Waals surface area contributed by atoms with Gasteiger partial charge in [0, 0.05) is 45.0 Å². The molecule has 3 aromatic rings. The molecule has 3 N–H and O–H groups in total. The highest BCUT2D eigenvalue weighted by atomic mass is 79.9. The van der Waals surface area contributed by atoms with Crippen LogP contribution in [0, 0.1) is 0 Å². The van der Waals surface area contributed by atoms with Gasteiger partial charge in [-0.1, -0.05) is 17.7 Å². The van der Waals surface area contributed by atoms with Crippen LogP contribution in [0.3, 0.4) is 0 Å². The molecule has 1 saturated heterocycles. The molecule has 4 rings (SSSR count). The minimum absolute atomic E-state index is 0.323. The van der Waals surface area contributed by atoms with Crippen molar-refractivity contribution in [3.8, 4) is 0 Å². The van der Waals surface area contributed by atoms with Crippen LogP contribution in [0.1, 0.15) is 35.9 Å². The predicted octanol–water partition coefficient (Wildman–Crippen LogP) is 3.85. The number of halogens is 2. The number of nitrogens with two attached hydrogens (primary N) is 1. The number of fused-ring (bicyclic) bond motifs is 1. The molecular weight excluding hydrogens is 508 g/mol. The molecular formula is C23H30BrClN6O2. The van der Waals surface area contributed by atoms with E-state index in [1.54, 1.807) is 6.92 Å². The van der Waals surface area contributed by atoms with Crippen LogP contribution in [0.5, 0.6) is 0 Å². The van der Waals surface area contributed by atoms with Gasteiger partial charge in [-0.25, -0.2) is 9.78 Å². The first-order valence-electron chi connectivity index (χ1n) is 11.3. The molecule has 2 aromatic heterocycles. The van der Waals surface area contributed by atoms with Gasteiger partial charge in [-0.05, 0) is 53.9 Å². The topological polar surface area (TPSA) is 90.3 Å². The lowest BCUT2D eigenvalue weighted by atomic mass is 10.1. The molecule has 0 atom stereocenters. The number of piperidine rings is 1. The van der Waals surface area contributed by atoms with Gasteiger partial charge in [-0.15, -0.1) is 0 Å². The maximum absolute atomic E-state index is 12.4. The van der Waals surface area contributed by atoms with Crippen LogP contribution >= 0.6 is 27.5 Å². The summed E-state index contributed by atoms with van der Waals surface area (Å²) in [6.45, 7) is 6.31. The maximum atomic E-state index is 12.4. The Labute approximate surface area is 207 Å². The average molecular weight is 538 g/mol. The lowest BCUT2D eigenvalue weighted by Gasteiger charge is -2.32. The SMILES string of the molecule is CCOC(=O)c1c(Br)cc(Cn2c(NC3CCN(CCN)CC3)nc3c(Cl)cccc32)n1C. The number of hydrogen-bond acceptors (Lipinski definition) is 6. The number of ether oxygens (including phenoxy) is 1. The lowest BCUT2D eigenvalue weighted by molar-refractivity contribution is 0.0513. The molecule has 1 fully saturated rings. The van der Waals surface area contributed by atoms with Crippen molar-refractivity contribution in [1.29, 1.82) is 0 Å². The fraction of sp³-hybridized carbons (Fsp3) is 0.478. The third-order valence-corrected chi connectivity index (χ3v) is 7.08. The van der Waals surface area contributed by atoms with E-state index in [-0.39, 0.29) is 5.97 Å². The average Bonchev–Trinajstić information content (AvgIpc) is 3.27. The van der Waals surface area contributed by atoms with Crippen LogP contribution in [0.25, 0.3) is 11.0 Å². The highest BCUT2D eigenvalue weighted by molar-refractivity contribution is 9.10. The fourth-order valence-corrected chi connectivity index (χ4v) is 5.32. The van der Waals surface area contributed by atoms with E-state index >= 15 is 0 Å². The number of hydrogen-bond donors (Lipinski definition) is 2. The number of likely N-dealkylation sites (tertiary alicyclic amines) is 1. The second-order valence-corrected chi connectivity index (χ2v) is 9.55. The van der Waals surface area contributed by atoms with Crippen LogP contribution < -0.4 is 11.1 Å². The molecule has 178 valence electrons. The first-order chi connectivity index (χ1) is 15.9. The van der Waals surface area contributed by atoms with Crippen molar-refractivity contribution in [2.75, 3.05) is 38.1 Å². The number of benzene rings is 1. The summed E-state index contributed by atoms with van der Waals surface area (Å²) in [7, 11) is 1.87. The van der Waals surface area contributed by atoms with Crippen molar-refractivity contribution in [3.05, 3.63) is 45.1 Å². The smallest absolute Gasteiger partial charge is 0.356 e. The Kier molecular flexibility index (Phi) is 7.63. The summed E-state index contributed by atoms with van der Waals surface area (Å²) >= 11 is 10.0. The van der Waals surface area contributed by atoms with Crippen LogP contribution in [0.15, 0.2) is 28.7 Å². The highest BCUT2D eigenvalue weighted by Crippen LogP contribution is 2.30. The first-order valence-corrected chi connectivity index (χ1v) is 12.4. The van der Waals surface area contributed by atoms with Crippen LogP contribution in [-0.4, -0.2) is 63.8 Å². The van der Waals surface area contributed by atoms with E-state index < -0.39 is 0 Å². The third-order valence-electron chi connectivity index (χ3n) is 6.17. The summed E-state index contributed by atoms with van der Waals surface area (Å²) in [5.74, 6) is 0.435. The molecule has 0 saturated carbocycles. The Morgan fingerprint density at radius 1 is 1.36 bits per heavy atom. The van der Waals surface area contributed by atoms with Crippen molar-refractivity contribution in [2.24, 2.45) is 12.8 Å². The minimum Gasteiger partial charge on any atom is -0.461 e. The lowest BCUT2D eigenvalue weighted by Crippen LogP contribution is -2.41. The van der Waals surface area contributed by atoms with Gasteiger partial charge in [0.2, 0.25) is 5.95 Å². The molecule has 0 bridgehead atoms. The van der Waals surface area contributed by atoms with Gasteiger partial charge in [0.15, 0.2) is 0 Å². The van der Waals surface area contributed by atoms with Gasteiger partial charge >= 0.3 is 5.97 Å². The van der Waals surface area contributed by atoms with Gasteiger partial charge in [0.25, 0.3) is 0 Å². The molecule has 33 heavy (non-hydrogen) atoms. The zero-order valence-corrected chi connectivity index (χ0v) is 21.3. The van der Waals surface area contributed by atoms with E-state index in [4.69, 9.17) is 27.1 Å². The van der Waals surface area contributed by atoms with Crippen molar-refractivity contribution < 1.29 is 9.53 Å². The number of aromatic nitrogens is 3. The predicted molar refractivity (Wildman–Crippen MR) is 135 cm³/mol. The summed E-state index contributed by atoms with van der Waals surface area (Å²) in [5.41, 5.74) is 8.87. The molecule has 10 heteroatoms. The Morgan fingerprint density at radius 3 is 2.82 bits per heavy atom. The highest BCUT2D eigenvalue weighted by Gasteiger charge is 2.24. The molecule has 0 amide bonds. The summed E-state index contributed by atoms with van der Waals surface area (Å²) < 4.78 is 9.93. The molecule has 0 radical (unpaired) electrons. The van der Waals surface area contributed by atoms with Gasteiger partial charge in [-0.2, -0.15) is 0 Å². The second-order valence-electron chi connectivity index (χ2n) is 8.29. The Hall–Kier alpha value is -2.07. The number of anilines is 1. The summed E-state index contributed by atoms with van der Waals surface area (Å²) in [4.78, 5) is 19.7. The second kappa shape index (κ2) is 10.5. The number of carbonyl (C=O) groups is 1. The molecule has 0 unspecified atom stereocenters. The van der Waals surface area contributed by atoms with E-state index in [1.165, 1.54) is 0 Å². The summed E-state index contributed by atoms with van der Waals surface area (Å²) in [6, 6.07) is 8.09. The van der Waals surface area contributed by atoms with Crippen molar-refractivity contribution in [2.45, 2.75) is 32.4 Å².